The van der Waals surface area contributed by atoms with Gasteiger partial charge in [-0.3, -0.25) is 4.79 Å². The lowest BCUT2D eigenvalue weighted by Gasteiger charge is -2.10. The number of fused-ring (bicyclic) bond motifs is 1. The Labute approximate surface area is 155 Å². The number of nitrogens with zero attached hydrogens (tertiary/aromatic N) is 1. The van der Waals surface area contributed by atoms with Crippen LogP contribution in [0.1, 0.15) is 10.4 Å². The summed E-state index contributed by atoms with van der Waals surface area (Å²) in [6, 6.07) is 18.2. The molecular formula is C21H17N3O3. The van der Waals surface area contributed by atoms with E-state index in [2.05, 4.69) is 15.3 Å². The van der Waals surface area contributed by atoms with Gasteiger partial charge in [-0.25, -0.2) is 4.98 Å². The fourth-order valence-electron chi connectivity index (χ4n) is 2.80. The van der Waals surface area contributed by atoms with Crippen molar-refractivity contribution < 1.29 is 14.3 Å². The summed E-state index contributed by atoms with van der Waals surface area (Å²) in [5.41, 5.74) is 2.02. The van der Waals surface area contributed by atoms with Gasteiger partial charge < -0.3 is 19.8 Å². The number of aromatic amines is 1. The van der Waals surface area contributed by atoms with E-state index in [0.717, 1.165) is 10.9 Å². The van der Waals surface area contributed by atoms with Crippen molar-refractivity contribution in [1.29, 1.82) is 0 Å². The number of hydrogen-bond donors (Lipinski definition) is 2. The molecule has 2 aromatic heterocycles. The van der Waals surface area contributed by atoms with Gasteiger partial charge in [0.05, 0.1) is 24.6 Å². The van der Waals surface area contributed by atoms with Gasteiger partial charge in [-0.05, 0) is 36.4 Å². The molecule has 0 unspecified atom stereocenters. The second kappa shape index (κ2) is 7.21. The quantitative estimate of drug-likeness (QED) is 0.545. The third-order valence-corrected chi connectivity index (χ3v) is 4.12. The lowest BCUT2D eigenvalue weighted by Crippen LogP contribution is -2.13. The number of H-pyrrole nitrogens is 1. The molecule has 0 saturated carbocycles. The molecule has 0 spiro atoms. The van der Waals surface area contributed by atoms with Crippen LogP contribution in [0.5, 0.6) is 17.4 Å². The summed E-state index contributed by atoms with van der Waals surface area (Å²) in [5.74, 6) is 1.41. The number of carbonyl (C=O) groups is 1. The lowest BCUT2D eigenvalue weighted by molar-refractivity contribution is 0.102. The van der Waals surface area contributed by atoms with Crippen LogP contribution in [-0.4, -0.2) is 23.0 Å². The molecule has 0 atom stereocenters. The fraction of sp³-hybridized carbons (Fsp3) is 0.0476. The van der Waals surface area contributed by atoms with Gasteiger partial charge in [0.2, 0.25) is 5.88 Å². The highest BCUT2D eigenvalue weighted by atomic mass is 16.5. The van der Waals surface area contributed by atoms with Gasteiger partial charge >= 0.3 is 0 Å². The summed E-state index contributed by atoms with van der Waals surface area (Å²) in [4.78, 5) is 19.9. The number of para-hydroxylation sites is 1. The first-order valence-corrected chi connectivity index (χ1v) is 8.39. The van der Waals surface area contributed by atoms with Crippen molar-refractivity contribution in [2.24, 2.45) is 0 Å². The highest BCUT2D eigenvalue weighted by Crippen LogP contribution is 2.29. The molecule has 0 bridgehead atoms. The maximum absolute atomic E-state index is 12.4. The number of anilines is 1. The predicted octanol–water partition coefficient (Wildman–Crippen LogP) is 4.62. The zero-order valence-corrected chi connectivity index (χ0v) is 14.6. The van der Waals surface area contributed by atoms with Crippen molar-refractivity contribution in [2.75, 3.05) is 12.4 Å². The fourth-order valence-corrected chi connectivity index (χ4v) is 2.80. The smallest absolute Gasteiger partial charge is 0.259 e. The van der Waals surface area contributed by atoms with Crippen molar-refractivity contribution in [3.8, 4) is 17.4 Å². The van der Waals surface area contributed by atoms with E-state index in [-0.39, 0.29) is 5.91 Å². The summed E-state index contributed by atoms with van der Waals surface area (Å²) < 4.78 is 11.1. The Bertz CT molecular complexity index is 1090. The van der Waals surface area contributed by atoms with Crippen molar-refractivity contribution in [2.45, 2.75) is 0 Å². The number of hydrogen-bond acceptors (Lipinski definition) is 4. The van der Waals surface area contributed by atoms with Crippen LogP contribution >= 0.6 is 0 Å². The molecule has 0 radical (unpaired) electrons. The van der Waals surface area contributed by atoms with Gasteiger partial charge in [0.1, 0.15) is 11.5 Å². The third kappa shape index (κ3) is 3.46. The van der Waals surface area contributed by atoms with E-state index in [1.165, 1.54) is 7.11 Å². The Morgan fingerprint density at radius 1 is 1.00 bits per heavy atom. The Morgan fingerprint density at radius 2 is 1.85 bits per heavy atom. The summed E-state index contributed by atoms with van der Waals surface area (Å²) in [5, 5.41) is 3.79. The number of rotatable bonds is 5. The Kier molecular flexibility index (Phi) is 4.45. The Morgan fingerprint density at radius 3 is 2.67 bits per heavy atom. The minimum absolute atomic E-state index is 0.264. The molecule has 0 aliphatic carbocycles. The second-order valence-corrected chi connectivity index (χ2v) is 5.84. The van der Waals surface area contributed by atoms with E-state index in [0.29, 0.717) is 28.6 Å². The van der Waals surface area contributed by atoms with Crippen LogP contribution in [0.2, 0.25) is 0 Å². The molecule has 2 N–H and O–H groups in total. The van der Waals surface area contributed by atoms with E-state index < -0.39 is 0 Å². The first-order valence-electron chi connectivity index (χ1n) is 8.39. The minimum Gasteiger partial charge on any atom is -0.496 e. The standard InChI is InChI=1S/C21H17N3O3/c1-26-18-7-3-2-5-16(18)21(25)24-14-9-10-20(23-13-14)27-19-8-4-6-17-15(19)11-12-22-17/h2-13,22H,1H3,(H,24,25). The average molecular weight is 359 g/mol. The number of amides is 1. The molecule has 2 aromatic carbocycles. The first-order chi connectivity index (χ1) is 13.2. The van der Waals surface area contributed by atoms with E-state index in [1.54, 1.807) is 36.5 Å². The van der Waals surface area contributed by atoms with Crippen LogP contribution in [0.25, 0.3) is 10.9 Å². The summed E-state index contributed by atoms with van der Waals surface area (Å²) in [6.45, 7) is 0. The molecule has 4 aromatic rings. The molecular weight excluding hydrogens is 342 g/mol. The lowest BCUT2D eigenvalue weighted by atomic mass is 10.2. The minimum atomic E-state index is -0.264. The van der Waals surface area contributed by atoms with Gasteiger partial charge in [-0.15, -0.1) is 0 Å². The molecule has 6 heteroatoms. The zero-order chi connectivity index (χ0) is 18.6. The number of ether oxygens (including phenoxy) is 2. The van der Waals surface area contributed by atoms with Crippen molar-refractivity contribution in [1.82, 2.24) is 9.97 Å². The summed E-state index contributed by atoms with van der Waals surface area (Å²) >= 11 is 0. The average Bonchev–Trinajstić information content (AvgIpc) is 3.19. The molecule has 27 heavy (non-hydrogen) atoms. The molecule has 2 heterocycles. The van der Waals surface area contributed by atoms with Gasteiger partial charge in [-0.1, -0.05) is 18.2 Å². The Hall–Kier alpha value is -3.80. The molecule has 0 aliphatic rings. The van der Waals surface area contributed by atoms with Crippen LogP contribution in [0.3, 0.4) is 0 Å². The van der Waals surface area contributed by atoms with Gasteiger partial charge in [0.15, 0.2) is 0 Å². The second-order valence-electron chi connectivity index (χ2n) is 5.84. The third-order valence-electron chi connectivity index (χ3n) is 4.12. The number of benzene rings is 2. The molecule has 0 fully saturated rings. The maximum Gasteiger partial charge on any atom is 0.259 e. The Balaban J connectivity index is 1.49. The van der Waals surface area contributed by atoms with Crippen LogP contribution in [-0.2, 0) is 0 Å². The first kappa shape index (κ1) is 16.7. The largest absolute Gasteiger partial charge is 0.496 e. The number of carbonyl (C=O) groups excluding carboxylic acids is 1. The van der Waals surface area contributed by atoms with E-state index >= 15 is 0 Å². The predicted molar refractivity (Wildman–Crippen MR) is 104 cm³/mol. The summed E-state index contributed by atoms with van der Waals surface area (Å²) in [6.07, 6.45) is 3.42. The molecule has 0 aliphatic heterocycles. The van der Waals surface area contributed by atoms with Gasteiger partial charge in [-0.2, -0.15) is 0 Å². The number of nitrogens with one attached hydrogen (secondary N) is 2. The topological polar surface area (TPSA) is 76.2 Å². The number of methoxy groups -OCH3 is 1. The van der Waals surface area contributed by atoms with Crippen LogP contribution in [0.4, 0.5) is 5.69 Å². The monoisotopic (exact) mass is 359 g/mol. The molecule has 134 valence electrons. The van der Waals surface area contributed by atoms with E-state index in [4.69, 9.17) is 9.47 Å². The van der Waals surface area contributed by atoms with Gasteiger partial charge in [0, 0.05) is 23.2 Å². The normalized spacial score (nSPS) is 10.6. The van der Waals surface area contributed by atoms with Crippen LogP contribution in [0, 0.1) is 0 Å². The molecule has 0 saturated heterocycles. The van der Waals surface area contributed by atoms with Crippen molar-refractivity contribution in [3.05, 3.63) is 78.6 Å². The maximum atomic E-state index is 12.4. The van der Waals surface area contributed by atoms with E-state index in [9.17, 15) is 4.79 Å². The van der Waals surface area contributed by atoms with Crippen molar-refractivity contribution >= 4 is 22.5 Å². The molecule has 4 rings (SSSR count). The number of aromatic nitrogens is 2. The summed E-state index contributed by atoms with van der Waals surface area (Å²) in [7, 11) is 1.53. The number of pyridine rings is 1. The van der Waals surface area contributed by atoms with Crippen LogP contribution in [0.15, 0.2) is 73.1 Å². The highest BCUT2D eigenvalue weighted by molar-refractivity contribution is 6.06. The van der Waals surface area contributed by atoms with E-state index in [1.807, 2.05) is 36.5 Å². The SMILES string of the molecule is COc1ccccc1C(=O)Nc1ccc(Oc2cccc3[nH]ccc23)nc1. The molecule has 1 amide bonds. The highest BCUT2D eigenvalue weighted by Gasteiger charge is 2.12. The molecule has 6 nitrogen and oxygen atoms in total. The van der Waals surface area contributed by atoms with Crippen molar-refractivity contribution in [3.63, 3.8) is 0 Å². The van der Waals surface area contributed by atoms with Gasteiger partial charge in [0.25, 0.3) is 5.91 Å². The van der Waals surface area contributed by atoms with Crippen LogP contribution < -0.4 is 14.8 Å². The zero-order valence-electron chi connectivity index (χ0n) is 14.6.